The summed E-state index contributed by atoms with van der Waals surface area (Å²) in [4.78, 5) is 12.6. The second-order valence-electron chi connectivity index (χ2n) is 5.94. The molecule has 0 aromatic heterocycles. The van der Waals surface area contributed by atoms with Gasteiger partial charge in [-0.05, 0) is 29.8 Å². The molecule has 6 heteroatoms. The van der Waals surface area contributed by atoms with Crippen LogP contribution in [0.4, 0.5) is 5.69 Å². The Hall–Kier alpha value is -3.18. The van der Waals surface area contributed by atoms with E-state index in [0.29, 0.717) is 34.4 Å². The number of hydrogen-bond acceptors (Lipinski definition) is 4. The lowest BCUT2D eigenvalue weighted by Crippen LogP contribution is -2.13. The second-order valence-corrected chi connectivity index (χ2v) is 6.35. The van der Waals surface area contributed by atoms with Crippen LogP contribution in [-0.4, -0.2) is 20.1 Å². The van der Waals surface area contributed by atoms with Crippen LogP contribution < -0.4 is 19.5 Å². The maximum atomic E-state index is 12.6. The van der Waals surface area contributed by atoms with Crippen LogP contribution in [0.15, 0.2) is 66.7 Å². The lowest BCUT2D eigenvalue weighted by Gasteiger charge is -2.13. The average Bonchev–Trinajstić information content (AvgIpc) is 2.74. The minimum atomic E-state index is -0.266. The van der Waals surface area contributed by atoms with Crippen LogP contribution in [0, 0.1) is 0 Å². The molecule has 0 aliphatic carbocycles. The van der Waals surface area contributed by atoms with Gasteiger partial charge in [-0.3, -0.25) is 4.79 Å². The third kappa shape index (κ3) is 4.75. The maximum absolute atomic E-state index is 12.6. The summed E-state index contributed by atoms with van der Waals surface area (Å²) < 4.78 is 16.2. The number of anilines is 1. The highest BCUT2D eigenvalue weighted by Gasteiger charge is 2.14. The molecule has 144 valence electrons. The number of ether oxygens (including phenoxy) is 3. The van der Waals surface area contributed by atoms with Gasteiger partial charge in [-0.25, -0.2) is 0 Å². The molecule has 5 nitrogen and oxygen atoms in total. The van der Waals surface area contributed by atoms with Gasteiger partial charge in [-0.15, -0.1) is 0 Å². The molecule has 0 fully saturated rings. The first-order chi connectivity index (χ1) is 13.6. The van der Waals surface area contributed by atoms with Crippen LogP contribution in [0.3, 0.4) is 0 Å². The second kappa shape index (κ2) is 9.15. The van der Waals surface area contributed by atoms with Crippen molar-refractivity contribution < 1.29 is 19.0 Å². The van der Waals surface area contributed by atoms with Gasteiger partial charge in [0, 0.05) is 17.7 Å². The van der Waals surface area contributed by atoms with E-state index < -0.39 is 0 Å². The number of nitrogens with one attached hydrogen (secondary N) is 1. The first-order valence-corrected chi connectivity index (χ1v) is 8.98. The van der Waals surface area contributed by atoms with Crippen molar-refractivity contribution in [2.75, 3.05) is 19.5 Å². The summed E-state index contributed by atoms with van der Waals surface area (Å²) in [6, 6.07) is 20.0. The molecule has 0 saturated carbocycles. The van der Waals surface area contributed by atoms with E-state index in [1.807, 2.05) is 42.5 Å². The van der Waals surface area contributed by atoms with Crippen LogP contribution in [0.5, 0.6) is 17.2 Å². The molecule has 0 aliphatic heterocycles. The fourth-order valence-corrected chi connectivity index (χ4v) is 2.82. The summed E-state index contributed by atoms with van der Waals surface area (Å²) in [5, 5.41) is 3.23. The lowest BCUT2D eigenvalue weighted by atomic mass is 10.1. The number of hydrogen-bond donors (Lipinski definition) is 1. The van der Waals surface area contributed by atoms with Gasteiger partial charge >= 0.3 is 0 Å². The van der Waals surface area contributed by atoms with Gasteiger partial charge < -0.3 is 19.5 Å². The molecule has 0 radical (unpaired) electrons. The van der Waals surface area contributed by atoms with E-state index in [1.54, 1.807) is 24.3 Å². The fourth-order valence-electron chi connectivity index (χ4n) is 2.59. The lowest BCUT2D eigenvalue weighted by molar-refractivity contribution is 0.102. The van der Waals surface area contributed by atoms with Crippen LogP contribution >= 0.6 is 11.6 Å². The predicted octanol–water partition coefficient (Wildman–Crippen LogP) is 5.19. The van der Waals surface area contributed by atoms with Crippen molar-refractivity contribution in [1.29, 1.82) is 0 Å². The van der Waals surface area contributed by atoms with Crippen LogP contribution in [0.2, 0.25) is 5.02 Å². The standard InChI is InChI=1S/C22H20ClNO4/c1-26-20-13-19(21(27-2)12-18(20)23)24-22(25)16-10-8-15(9-11-16)14-28-17-6-4-3-5-7-17/h3-13H,14H2,1-2H3,(H,24,25). The van der Waals surface area contributed by atoms with Crippen molar-refractivity contribution in [1.82, 2.24) is 0 Å². The summed E-state index contributed by atoms with van der Waals surface area (Å²) in [6.07, 6.45) is 0. The van der Waals surface area contributed by atoms with E-state index in [9.17, 15) is 4.79 Å². The number of amides is 1. The highest BCUT2D eigenvalue weighted by molar-refractivity contribution is 6.32. The van der Waals surface area contributed by atoms with E-state index in [-0.39, 0.29) is 5.91 Å². The number of halogens is 1. The zero-order valence-corrected chi connectivity index (χ0v) is 16.3. The van der Waals surface area contributed by atoms with Crippen molar-refractivity contribution in [2.24, 2.45) is 0 Å². The Morgan fingerprint density at radius 3 is 2.25 bits per heavy atom. The van der Waals surface area contributed by atoms with Gasteiger partial charge in [-0.2, -0.15) is 0 Å². The fraction of sp³-hybridized carbons (Fsp3) is 0.136. The van der Waals surface area contributed by atoms with Gasteiger partial charge in [0.2, 0.25) is 0 Å². The molecule has 0 atom stereocenters. The van der Waals surface area contributed by atoms with Gasteiger partial charge in [0.05, 0.1) is 24.9 Å². The van der Waals surface area contributed by atoms with Crippen molar-refractivity contribution in [3.63, 3.8) is 0 Å². The summed E-state index contributed by atoms with van der Waals surface area (Å²) in [6.45, 7) is 0.425. The van der Waals surface area contributed by atoms with E-state index in [4.69, 9.17) is 25.8 Å². The van der Waals surface area contributed by atoms with E-state index in [1.165, 1.54) is 14.2 Å². The topological polar surface area (TPSA) is 56.8 Å². The molecule has 0 saturated heterocycles. The summed E-state index contributed by atoms with van der Waals surface area (Å²) in [5.41, 5.74) is 1.95. The Balaban J connectivity index is 1.68. The number of rotatable bonds is 7. The molecule has 0 spiro atoms. The van der Waals surface area contributed by atoms with Crippen LogP contribution in [0.1, 0.15) is 15.9 Å². The van der Waals surface area contributed by atoms with Crippen molar-refractivity contribution >= 4 is 23.2 Å². The zero-order valence-electron chi connectivity index (χ0n) is 15.6. The minimum absolute atomic E-state index is 0.266. The molecule has 0 unspecified atom stereocenters. The van der Waals surface area contributed by atoms with E-state index >= 15 is 0 Å². The molecular weight excluding hydrogens is 378 g/mol. The number of methoxy groups -OCH3 is 2. The molecule has 3 aromatic carbocycles. The maximum Gasteiger partial charge on any atom is 0.255 e. The van der Waals surface area contributed by atoms with Crippen molar-refractivity contribution in [3.8, 4) is 17.2 Å². The molecule has 28 heavy (non-hydrogen) atoms. The number of benzene rings is 3. The molecule has 1 N–H and O–H groups in total. The van der Waals surface area contributed by atoms with Crippen LogP contribution in [0.25, 0.3) is 0 Å². The number of carbonyl (C=O) groups excluding carboxylic acids is 1. The van der Waals surface area contributed by atoms with Gasteiger partial charge in [0.25, 0.3) is 5.91 Å². The Morgan fingerprint density at radius 2 is 1.61 bits per heavy atom. The van der Waals surface area contributed by atoms with Crippen molar-refractivity contribution in [2.45, 2.75) is 6.61 Å². The molecule has 0 bridgehead atoms. The third-order valence-electron chi connectivity index (χ3n) is 4.09. The largest absolute Gasteiger partial charge is 0.495 e. The first-order valence-electron chi connectivity index (χ1n) is 8.60. The average molecular weight is 398 g/mol. The smallest absolute Gasteiger partial charge is 0.255 e. The van der Waals surface area contributed by atoms with E-state index in [0.717, 1.165) is 11.3 Å². The van der Waals surface area contributed by atoms with Gasteiger partial charge in [0.15, 0.2) is 0 Å². The Morgan fingerprint density at radius 1 is 0.929 bits per heavy atom. The number of para-hydroxylation sites is 1. The zero-order chi connectivity index (χ0) is 19.9. The summed E-state index contributed by atoms with van der Waals surface area (Å²) in [7, 11) is 3.02. The van der Waals surface area contributed by atoms with Gasteiger partial charge in [-0.1, -0.05) is 41.9 Å². The molecule has 1 amide bonds. The Kier molecular flexibility index (Phi) is 6.40. The summed E-state index contributed by atoms with van der Waals surface area (Å²) in [5.74, 6) is 1.43. The molecule has 3 aromatic rings. The van der Waals surface area contributed by atoms with Crippen LogP contribution in [-0.2, 0) is 6.61 Å². The Bertz CT molecular complexity index is 943. The minimum Gasteiger partial charge on any atom is -0.495 e. The normalized spacial score (nSPS) is 10.2. The highest BCUT2D eigenvalue weighted by Crippen LogP contribution is 2.36. The SMILES string of the molecule is COc1cc(NC(=O)c2ccc(COc3ccccc3)cc2)c(OC)cc1Cl. The molecular formula is C22H20ClNO4. The Labute approximate surface area is 168 Å². The quantitative estimate of drug-likeness (QED) is 0.596. The van der Waals surface area contributed by atoms with Crippen molar-refractivity contribution in [3.05, 3.63) is 82.9 Å². The van der Waals surface area contributed by atoms with E-state index in [2.05, 4.69) is 5.32 Å². The monoisotopic (exact) mass is 397 g/mol. The molecule has 0 aliphatic rings. The highest BCUT2D eigenvalue weighted by atomic mass is 35.5. The van der Waals surface area contributed by atoms with Gasteiger partial charge in [0.1, 0.15) is 23.9 Å². The predicted molar refractivity (Wildman–Crippen MR) is 110 cm³/mol. The third-order valence-corrected chi connectivity index (χ3v) is 4.38. The first kappa shape index (κ1) is 19.6. The molecule has 3 rings (SSSR count). The summed E-state index contributed by atoms with van der Waals surface area (Å²) >= 11 is 6.10. The number of carbonyl (C=O) groups is 1. The molecule has 0 heterocycles.